The minimum absolute atomic E-state index is 0.109. The Hall–Kier alpha value is -1.14. The number of nitrogens with one attached hydrogen (secondary N) is 2. The van der Waals surface area contributed by atoms with Gasteiger partial charge in [0.05, 0.1) is 8.66 Å². The fourth-order valence-electron chi connectivity index (χ4n) is 1.91. The van der Waals surface area contributed by atoms with Gasteiger partial charge in [0.2, 0.25) is 0 Å². The summed E-state index contributed by atoms with van der Waals surface area (Å²) in [6.45, 7) is 2.00. The number of carbonyl (C=O) groups excluding carboxylic acids is 1. The topological polar surface area (TPSA) is 57.8 Å². The third-order valence-electron chi connectivity index (χ3n) is 3.06. The minimum Gasteiger partial charge on any atom is -0.304 e. The average molecular weight is 326 g/mol. The van der Waals surface area contributed by atoms with E-state index in [1.807, 2.05) is 13.0 Å². The van der Waals surface area contributed by atoms with Crippen molar-refractivity contribution in [1.29, 1.82) is 0 Å². The standard InChI is InChI=1S/C12H12BrN3OS/c1-6-10(7-2-3-7)15-16-11(6)14-12(17)8-4-5-9(13)18-8/h4-5,7H,2-3H2,1H3,(H2,14,15,16,17). The first-order valence-electron chi connectivity index (χ1n) is 5.76. The van der Waals surface area contributed by atoms with E-state index in [1.54, 1.807) is 6.07 Å². The molecule has 0 saturated heterocycles. The predicted octanol–water partition coefficient (Wildman–Crippen LogP) is 3.67. The van der Waals surface area contributed by atoms with Gasteiger partial charge >= 0.3 is 0 Å². The molecule has 0 unspecified atom stereocenters. The number of aromatic nitrogens is 2. The summed E-state index contributed by atoms with van der Waals surface area (Å²) >= 11 is 4.76. The molecular weight excluding hydrogens is 314 g/mol. The number of anilines is 1. The second-order valence-corrected chi connectivity index (χ2v) is 6.91. The first kappa shape index (κ1) is 11.9. The van der Waals surface area contributed by atoms with E-state index in [0.717, 1.165) is 15.0 Å². The lowest BCUT2D eigenvalue weighted by molar-refractivity contribution is 0.103. The number of halogens is 1. The number of hydrogen-bond donors (Lipinski definition) is 2. The Balaban J connectivity index is 1.78. The number of rotatable bonds is 3. The van der Waals surface area contributed by atoms with Gasteiger partial charge < -0.3 is 5.32 Å². The third-order valence-corrected chi connectivity index (χ3v) is 4.68. The zero-order chi connectivity index (χ0) is 12.7. The van der Waals surface area contributed by atoms with Crippen molar-refractivity contribution in [3.8, 4) is 0 Å². The van der Waals surface area contributed by atoms with E-state index < -0.39 is 0 Å². The van der Waals surface area contributed by atoms with Crippen LogP contribution in [0.4, 0.5) is 5.82 Å². The molecule has 0 atom stereocenters. The Kier molecular flexibility index (Phi) is 2.99. The Morgan fingerprint density at radius 1 is 1.56 bits per heavy atom. The summed E-state index contributed by atoms with van der Waals surface area (Å²) in [4.78, 5) is 12.7. The molecule has 1 aliphatic carbocycles. The largest absolute Gasteiger partial charge is 0.304 e. The highest BCUT2D eigenvalue weighted by Gasteiger charge is 2.28. The van der Waals surface area contributed by atoms with Gasteiger partial charge in [-0.1, -0.05) is 0 Å². The SMILES string of the molecule is Cc1c(NC(=O)c2ccc(Br)s2)n[nH]c1C1CC1. The molecule has 0 radical (unpaired) electrons. The van der Waals surface area contributed by atoms with E-state index in [2.05, 4.69) is 31.4 Å². The van der Waals surface area contributed by atoms with Crippen LogP contribution in [-0.2, 0) is 0 Å². The van der Waals surface area contributed by atoms with Gasteiger partial charge in [0.1, 0.15) is 0 Å². The summed E-state index contributed by atoms with van der Waals surface area (Å²) in [7, 11) is 0. The van der Waals surface area contributed by atoms with Crippen molar-refractivity contribution in [2.45, 2.75) is 25.7 Å². The number of aromatic amines is 1. The molecule has 6 heteroatoms. The molecule has 2 heterocycles. The van der Waals surface area contributed by atoms with E-state index in [1.165, 1.54) is 24.2 Å². The van der Waals surface area contributed by atoms with Crippen LogP contribution in [0.15, 0.2) is 15.9 Å². The Morgan fingerprint density at radius 2 is 2.33 bits per heavy atom. The van der Waals surface area contributed by atoms with Crippen LogP contribution in [0, 0.1) is 6.92 Å². The quantitative estimate of drug-likeness (QED) is 0.904. The van der Waals surface area contributed by atoms with Gasteiger partial charge in [0.25, 0.3) is 5.91 Å². The molecule has 2 aromatic rings. The molecule has 94 valence electrons. The van der Waals surface area contributed by atoms with Crippen LogP contribution in [0.3, 0.4) is 0 Å². The monoisotopic (exact) mass is 325 g/mol. The second kappa shape index (κ2) is 4.51. The molecule has 0 bridgehead atoms. The lowest BCUT2D eigenvalue weighted by Gasteiger charge is -2.01. The number of H-pyrrole nitrogens is 1. The maximum atomic E-state index is 12.0. The summed E-state index contributed by atoms with van der Waals surface area (Å²) in [6, 6.07) is 3.67. The average Bonchev–Trinajstić information content (AvgIpc) is 2.99. The zero-order valence-corrected chi connectivity index (χ0v) is 12.2. The first-order chi connectivity index (χ1) is 8.65. The molecule has 0 aliphatic heterocycles. The smallest absolute Gasteiger partial charge is 0.266 e. The van der Waals surface area contributed by atoms with E-state index in [9.17, 15) is 4.79 Å². The molecule has 0 spiro atoms. The normalized spacial score (nSPS) is 14.8. The van der Waals surface area contributed by atoms with Crippen molar-refractivity contribution in [3.63, 3.8) is 0 Å². The molecule has 2 aromatic heterocycles. The van der Waals surface area contributed by atoms with Crippen LogP contribution in [0.2, 0.25) is 0 Å². The van der Waals surface area contributed by atoms with Crippen LogP contribution in [-0.4, -0.2) is 16.1 Å². The summed E-state index contributed by atoms with van der Waals surface area (Å²) in [5.41, 5.74) is 2.22. The highest BCUT2D eigenvalue weighted by molar-refractivity contribution is 9.11. The van der Waals surface area contributed by atoms with Crippen LogP contribution in [0.1, 0.15) is 39.7 Å². The molecule has 18 heavy (non-hydrogen) atoms. The van der Waals surface area contributed by atoms with Gasteiger partial charge in [-0.15, -0.1) is 11.3 Å². The lowest BCUT2D eigenvalue weighted by Crippen LogP contribution is -2.11. The van der Waals surface area contributed by atoms with E-state index in [4.69, 9.17) is 0 Å². The molecule has 3 rings (SSSR count). The fourth-order valence-corrected chi connectivity index (χ4v) is 3.19. The van der Waals surface area contributed by atoms with Crippen molar-refractivity contribution >= 4 is 39.0 Å². The fraction of sp³-hybridized carbons (Fsp3) is 0.333. The van der Waals surface area contributed by atoms with Crippen LogP contribution in [0.25, 0.3) is 0 Å². The summed E-state index contributed by atoms with van der Waals surface area (Å²) in [6.07, 6.45) is 2.43. The highest BCUT2D eigenvalue weighted by Crippen LogP contribution is 2.41. The van der Waals surface area contributed by atoms with E-state index in [0.29, 0.717) is 16.6 Å². The van der Waals surface area contributed by atoms with Crippen LogP contribution in [0.5, 0.6) is 0 Å². The third kappa shape index (κ3) is 2.22. The number of amides is 1. The maximum absolute atomic E-state index is 12.0. The van der Waals surface area contributed by atoms with Crippen molar-refractivity contribution < 1.29 is 4.79 Å². The van der Waals surface area contributed by atoms with Gasteiger partial charge in [0, 0.05) is 17.2 Å². The van der Waals surface area contributed by atoms with Gasteiger partial charge in [-0.25, -0.2) is 0 Å². The molecule has 4 nitrogen and oxygen atoms in total. The van der Waals surface area contributed by atoms with Crippen molar-refractivity contribution in [3.05, 3.63) is 32.1 Å². The summed E-state index contributed by atoms with van der Waals surface area (Å²) < 4.78 is 0.949. The van der Waals surface area contributed by atoms with Gasteiger partial charge in [-0.05, 0) is 47.8 Å². The molecule has 1 aliphatic rings. The summed E-state index contributed by atoms with van der Waals surface area (Å²) in [5, 5.41) is 10.1. The van der Waals surface area contributed by atoms with Crippen molar-refractivity contribution in [1.82, 2.24) is 10.2 Å². The van der Waals surface area contributed by atoms with E-state index >= 15 is 0 Å². The number of hydrogen-bond acceptors (Lipinski definition) is 3. The highest BCUT2D eigenvalue weighted by atomic mass is 79.9. The zero-order valence-electron chi connectivity index (χ0n) is 9.79. The Bertz CT molecular complexity index is 600. The van der Waals surface area contributed by atoms with E-state index in [-0.39, 0.29) is 5.91 Å². The van der Waals surface area contributed by atoms with Crippen LogP contribution < -0.4 is 5.32 Å². The molecule has 2 N–H and O–H groups in total. The van der Waals surface area contributed by atoms with Crippen molar-refractivity contribution in [2.75, 3.05) is 5.32 Å². The number of nitrogens with zero attached hydrogens (tertiary/aromatic N) is 1. The number of carbonyl (C=O) groups is 1. The lowest BCUT2D eigenvalue weighted by atomic mass is 10.2. The summed E-state index contributed by atoms with van der Waals surface area (Å²) in [5.74, 6) is 1.15. The van der Waals surface area contributed by atoms with Gasteiger partial charge in [-0.3, -0.25) is 9.89 Å². The molecular formula is C12H12BrN3OS. The molecule has 1 fully saturated rings. The second-order valence-electron chi connectivity index (χ2n) is 4.44. The van der Waals surface area contributed by atoms with Gasteiger partial charge in [0.15, 0.2) is 5.82 Å². The Labute approximate surface area is 117 Å². The maximum Gasteiger partial charge on any atom is 0.266 e. The Morgan fingerprint density at radius 3 is 2.94 bits per heavy atom. The molecule has 1 amide bonds. The van der Waals surface area contributed by atoms with Gasteiger partial charge in [-0.2, -0.15) is 5.10 Å². The van der Waals surface area contributed by atoms with Crippen molar-refractivity contribution in [2.24, 2.45) is 0 Å². The molecule has 0 aromatic carbocycles. The predicted molar refractivity (Wildman–Crippen MR) is 75.3 cm³/mol. The molecule has 1 saturated carbocycles. The first-order valence-corrected chi connectivity index (χ1v) is 7.37. The van der Waals surface area contributed by atoms with Crippen LogP contribution >= 0.6 is 27.3 Å². The number of thiophene rings is 1. The minimum atomic E-state index is -0.109.